The zero-order valence-corrected chi connectivity index (χ0v) is 20.5. The Morgan fingerprint density at radius 3 is 2.76 bits per heavy atom. The molecule has 10 heteroatoms. The summed E-state index contributed by atoms with van der Waals surface area (Å²) in [5.41, 5.74) is 15.0. The van der Waals surface area contributed by atoms with Gasteiger partial charge in [0.05, 0.1) is 26.4 Å². The van der Waals surface area contributed by atoms with Crippen molar-refractivity contribution in [1.82, 2.24) is 9.97 Å². The molecule has 10 nitrogen and oxygen atoms in total. The Labute approximate surface area is 214 Å². The van der Waals surface area contributed by atoms with Gasteiger partial charge in [-0.25, -0.2) is 4.98 Å². The van der Waals surface area contributed by atoms with Crippen molar-refractivity contribution in [3.05, 3.63) is 64.8 Å². The minimum Gasteiger partial charge on any atom is -0.493 e. The maximum absolute atomic E-state index is 12.5. The van der Waals surface area contributed by atoms with Crippen LogP contribution in [-0.4, -0.2) is 42.7 Å². The van der Waals surface area contributed by atoms with Gasteiger partial charge in [0.2, 0.25) is 11.9 Å². The topological polar surface area (TPSA) is 152 Å². The molecule has 1 aliphatic rings. The van der Waals surface area contributed by atoms with Crippen LogP contribution in [0.25, 0.3) is 0 Å². The molecule has 1 aliphatic heterocycles. The van der Waals surface area contributed by atoms with Crippen molar-refractivity contribution in [2.75, 3.05) is 37.6 Å². The lowest BCUT2D eigenvalue weighted by Gasteiger charge is -2.20. The van der Waals surface area contributed by atoms with E-state index >= 15 is 0 Å². The van der Waals surface area contributed by atoms with Crippen molar-refractivity contribution in [2.24, 2.45) is 5.92 Å². The quantitative estimate of drug-likeness (QED) is 0.263. The number of nitrogens with two attached hydrogens (primary N) is 2. The molecule has 0 bridgehead atoms. The Kier molecular flexibility index (Phi) is 7.74. The Hall–Kier alpha value is -4.78. The number of rotatable bonds is 6. The van der Waals surface area contributed by atoms with Crippen LogP contribution in [0.1, 0.15) is 35.1 Å². The molecule has 37 heavy (non-hydrogen) atoms. The van der Waals surface area contributed by atoms with Crippen molar-refractivity contribution in [3.63, 3.8) is 0 Å². The van der Waals surface area contributed by atoms with E-state index in [1.165, 1.54) is 0 Å². The molecule has 1 amide bonds. The number of ether oxygens (including phenoxy) is 3. The van der Waals surface area contributed by atoms with Gasteiger partial charge >= 0.3 is 5.97 Å². The first kappa shape index (κ1) is 25.3. The summed E-state index contributed by atoms with van der Waals surface area (Å²) < 4.78 is 16.1. The Balaban J connectivity index is 1.59. The maximum atomic E-state index is 12.5. The van der Waals surface area contributed by atoms with Crippen molar-refractivity contribution in [1.29, 1.82) is 0 Å². The highest BCUT2D eigenvalue weighted by Crippen LogP contribution is 2.33. The molecule has 4 rings (SSSR count). The molecule has 1 unspecified atom stereocenters. The Bertz CT molecular complexity index is 1400. The maximum Gasteiger partial charge on any atom is 0.318 e. The first-order valence-electron chi connectivity index (χ1n) is 11.6. The molecule has 1 aromatic heterocycles. The van der Waals surface area contributed by atoms with Crippen LogP contribution in [0.4, 0.5) is 17.5 Å². The molecule has 0 saturated carbocycles. The molecule has 3 aromatic rings. The number of hydrogen-bond acceptors (Lipinski definition) is 9. The summed E-state index contributed by atoms with van der Waals surface area (Å²) in [5.74, 6) is 5.96. The normalized spacial score (nSPS) is 14.6. The molecule has 2 aromatic carbocycles. The zero-order valence-electron chi connectivity index (χ0n) is 20.5. The van der Waals surface area contributed by atoms with E-state index < -0.39 is 11.9 Å². The molecule has 190 valence electrons. The van der Waals surface area contributed by atoms with Crippen LogP contribution < -0.4 is 26.3 Å². The number of amides is 1. The summed E-state index contributed by atoms with van der Waals surface area (Å²) in [5, 5.41) is 2.78. The van der Waals surface area contributed by atoms with Crippen molar-refractivity contribution < 1.29 is 23.8 Å². The highest BCUT2D eigenvalue weighted by Gasteiger charge is 2.30. The number of nitrogens with zero attached hydrogens (tertiary/aromatic N) is 2. The second-order valence-electron chi connectivity index (χ2n) is 8.38. The van der Waals surface area contributed by atoms with Crippen molar-refractivity contribution in [2.45, 2.75) is 19.3 Å². The predicted molar refractivity (Wildman–Crippen MR) is 138 cm³/mol. The number of nitrogens with one attached hydrogen (secondary N) is 1. The van der Waals surface area contributed by atoms with Crippen LogP contribution in [0.15, 0.2) is 42.6 Å². The smallest absolute Gasteiger partial charge is 0.318 e. The number of anilines is 3. The first-order valence-corrected chi connectivity index (χ1v) is 11.6. The summed E-state index contributed by atoms with van der Waals surface area (Å²) in [6.45, 7) is 0.351. The molecular formula is C27H27N5O5. The van der Waals surface area contributed by atoms with Gasteiger partial charge in [-0.1, -0.05) is 17.9 Å². The van der Waals surface area contributed by atoms with E-state index in [-0.39, 0.29) is 11.9 Å². The highest BCUT2D eigenvalue weighted by molar-refractivity contribution is 6.05. The molecule has 2 heterocycles. The molecular weight excluding hydrogens is 474 g/mol. The standard InChI is InChI=1S/C27H27N5O5/c1-35-22-14-17(12-19-15-30-27(29)32-24(19)28)11-18(23(22)36-2)9-8-16-5-3-6-20(13-16)31-25(33)21-7-4-10-37-26(21)34/h3,5-6,11,13-15,21H,4,7,10,12H2,1-2H3,(H,31,33)(H4,28,29,30,32). The fourth-order valence-electron chi connectivity index (χ4n) is 3.97. The third-order valence-electron chi connectivity index (χ3n) is 5.80. The third-order valence-corrected chi connectivity index (χ3v) is 5.80. The van der Waals surface area contributed by atoms with Crippen LogP contribution in [0.2, 0.25) is 0 Å². The van der Waals surface area contributed by atoms with E-state index in [2.05, 4.69) is 27.1 Å². The zero-order chi connectivity index (χ0) is 26.4. The van der Waals surface area contributed by atoms with Crippen molar-refractivity contribution in [3.8, 4) is 23.3 Å². The van der Waals surface area contributed by atoms with Gasteiger partial charge < -0.3 is 31.0 Å². The Morgan fingerprint density at radius 2 is 2.03 bits per heavy atom. The number of esters is 1. The van der Waals surface area contributed by atoms with E-state index in [9.17, 15) is 9.59 Å². The van der Waals surface area contributed by atoms with E-state index in [0.29, 0.717) is 65.6 Å². The highest BCUT2D eigenvalue weighted by atomic mass is 16.5. The number of aromatic nitrogens is 2. The molecule has 0 aliphatic carbocycles. The second-order valence-corrected chi connectivity index (χ2v) is 8.38. The number of cyclic esters (lactones) is 1. The largest absolute Gasteiger partial charge is 0.493 e. The molecule has 0 radical (unpaired) electrons. The number of nitrogen functional groups attached to an aromatic ring is 2. The summed E-state index contributed by atoms with van der Waals surface area (Å²) in [6, 6.07) is 10.8. The fourth-order valence-corrected chi connectivity index (χ4v) is 3.97. The summed E-state index contributed by atoms with van der Waals surface area (Å²) in [7, 11) is 3.09. The lowest BCUT2D eigenvalue weighted by molar-refractivity contribution is -0.155. The first-order chi connectivity index (χ1) is 17.9. The molecule has 1 atom stereocenters. The van der Waals surface area contributed by atoms with Gasteiger partial charge in [-0.05, 0) is 48.7 Å². The van der Waals surface area contributed by atoms with Crippen LogP contribution in [-0.2, 0) is 20.7 Å². The van der Waals surface area contributed by atoms with Crippen molar-refractivity contribution >= 4 is 29.3 Å². The number of hydrogen-bond donors (Lipinski definition) is 3. The fraction of sp³-hybridized carbons (Fsp3) is 0.259. The van der Waals surface area contributed by atoms with Gasteiger partial charge in [0.25, 0.3) is 0 Å². The van der Waals surface area contributed by atoms with Crippen LogP contribution in [0, 0.1) is 17.8 Å². The van der Waals surface area contributed by atoms with E-state index in [1.54, 1.807) is 38.6 Å². The lowest BCUT2D eigenvalue weighted by Crippen LogP contribution is -2.34. The molecule has 5 N–H and O–H groups in total. The SMILES string of the molecule is COc1cc(Cc2cnc(N)nc2N)cc(C#Cc2cccc(NC(=O)C3CCCOC3=O)c2)c1OC. The minimum atomic E-state index is -0.802. The molecule has 0 spiro atoms. The average Bonchev–Trinajstić information content (AvgIpc) is 2.89. The van der Waals surface area contributed by atoms with Gasteiger partial charge in [-0.15, -0.1) is 0 Å². The minimum absolute atomic E-state index is 0.109. The summed E-state index contributed by atoms with van der Waals surface area (Å²) in [6.07, 6.45) is 3.16. The second kappa shape index (κ2) is 11.3. The number of carbonyl (C=O) groups is 2. The molecule has 1 fully saturated rings. The van der Waals surface area contributed by atoms with E-state index in [4.69, 9.17) is 25.7 Å². The van der Waals surface area contributed by atoms with Gasteiger partial charge in [0.1, 0.15) is 11.7 Å². The molecule has 1 saturated heterocycles. The monoisotopic (exact) mass is 501 g/mol. The van der Waals surface area contributed by atoms with E-state index in [0.717, 1.165) is 5.56 Å². The third kappa shape index (κ3) is 6.08. The Morgan fingerprint density at radius 1 is 1.19 bits per heavy atom. The van der Waals surface area contributed by atoms with Crippen LogP contribution >= 0.6 is 0 Å². The van der Waals surface area contributed by atoms with Gasteiger partial charge in [0, 0.05) is 29.4 Å². The van der Waals surface area contributed by atoms with Crippen LogP contribution in [0.3, 0.4) is 0 Å². The lowest BCUT2D eigenvalue weighted by atomic mass is 10.0. The average molecular weight is 502 g/mol. The summed E-state index contributed by atoms with van der Waals surface area (Å²) >= 11 is 0. The van der Waals surface area contributed by atoms with Gasteiger partial charge in [-0.3, -0.25) is 9.59 Å². The van der Waals surface area contributed by atoms with Gasteiger partial charge in [-0.2, -0.15) is 4.98 Å². The number of carbonyl (C=O) groups excluding carboxylic acids is 2. The number of methoxy groups -OCH3 is 2. The number of benzene rings is 2. The summed E-state index contributed by atoms with van der Waals surface area (Å²) in [4.78, 5) is 32.5. The van der Waals surface area contributed by atoms with Crippen LogP contribution in [0.5, 0.6) is 11.5 Å². The van der Waals surface area contributed by atoms with E-state index in [1.807, 2.05) is 18.2 Å². The predicted octanol–water partition coefficient (Wildman–Crippen LogP) is 2.54. The van der Waals surface area contributed by atoms with Gasteiger partial charge in [0.15, 0.2) is 11.5 Å².